The van der Waals surface area contributed by atoms with Gasteiger partial charge in [-0.15, -0.1) is 0 Å². The number of nitrogens with one attached hydrogen (secondary N) is 1. The number of hydrogen-bond donors (Lipinski definition) is 1. The van der Waals surface area contributed by atoms with E-state index >= 15 is 0 Å². The van der Waals surface area contributed by atoms with Gasteiger partial charge < -0.3 is 10.1 Å². The zero-order valence-corrected chi connectivity index (χ0v) is 11.0. The van der Waals surface area contributed by atoms with Crippen molar-refractivity contribution in [3.63, 3.8) is 0 Å². The Balaban J connectivity index is 2.62. The van der Waals surface area contributed by atoms with Crippen molar-refractivity contribution in [1.29, 1.82) is 0 Å². The molecule has 1 N–H and O–H groups in total. The van der Waals surface area contributed by atoms with Crippen LogP contribution in [0.15, 0.2) is 24.3 Å². The van der Waals surface area contributed by atoms with Gasteiger partial charge in [-0.2, -0.15) is 13.2 Å². The van der Waals surface area contributed by atoms with E-state index in [2.05, 4.69) is 5.32 Å². The van der Waals surface area contributed by atoms with E-state index in [0.717, 1.165) is 12.1 Å². The van der Waals surface area contributed by atoms with Crippen molar-refractivity contribution in [2.75, 3.05) is 6.61 Å². The van der Waals surface area contributed by atoms with Crippen LogP contribution in [-0.4, -0.2) is 18.1 Å². The van der Waals surface area contributed by atoms with Gasteiger partial charge in [0.15, 0.2) is 6.61 Å². The smallest absolute Gasteiger partial charge is 0.416 e. The van der Waals surface area contributed by atoms with E-state index in [4.69, 9.17) is 4.74 Å². The molecule has 0 aromatic heterocycles. The maximum atomic E-state index is 12.5. The fraction of sp³-hybridized carbons (Fsp3) is 0.462. The van der Waals surface area contributed by atoms with Gasteiger partial charge >= 0.3 is 6.18 Å². The van der Waals surface area contributed by atoms with Gasteiger partial charge in [-0.25, -0.2) is 0 Å². The van der Waals surface area contributed by atoms with Crippen LogP contribution in [0.5, 0.6) is 5.75 Å². The molecule has 0 heterocycles. The summed E-state index contributed by atoms with van der Waals surface area (Å²) in [7, 11) is 0. The average Bonchev–Trinajstić information content (AvgIpc) is 2.23. The molecule has 0 radical (unpaired) electrons. The third-order valence-electron chi connectivity index (χ3n) is 2.05. The van der Waals surface area contributed by atoms with Crippen LogP contribution in [0.4, 0.5) is 13.2 Å². The van der Waals surface area contributed by atoms with Crippen molar-refractivity contribution in [3.05, 3.63) is 29.8 Å². The molecule has 1 rings (SSSR count). The van der Waals surface area contributed by atoms with Crippen molar-refractivity contribution in [2.45, 2.75) is 32.5 Å². The van der Waals surface area contributed by atoms with Crippen molar-refractivity contribution in [1.82, 2.24) is 5.32 Å². The van der Waals surface area contributed by atoms with Gasteiger partial charge in [0.2, 0.25) is 0 Å². The topological polar surface area (TPSA) is 38.3 Å². The van der Waals surface area contributed by atoms with Gasteiger partial charge in [-0.05, 0) is 39.0 Å². The molecule has 0 saturated heterocycles. The summed E-state index contributed by atoms with van der Waals surface area (Å²) in [6.07, 6.45) is -4.42. The van der Waals surface area contributed by atoms with Gasteiger partial charge in [0.1, 0.15) is 5.75 Å². The molecular weight excluding hydrogens is 259 g/mol. The Morgan fingerprint density at radius 2 is 1.89 bits per heavy atom. The predicted molar refractivity (Wildman–Crippen MR) is 64.8 cm³/mol. The van der Waals surface area contributed by atoms with E-state index in [1.165, 1.54) is 12.1 Å². The van der Waals surface area contributed by atoms with Gasteiger partial charge in [-0.1, -0.05) is 6.07 Å². The first-order valence-corrected chi connectivity index (χ1v) is 5.69. The normalized spacial score (nSPS) is 12.1. The van der Waals surface area contributed by atoms with Gasteiger partial charge in [0, 0.05) is 5.54 Å². The van der Waals surface area contributed by atoms with E-state index in [9.17, 15) is 18.0 Å². The van der Waals surface area contributed by atoms with Crippen LogP contribution in [0.25, 0.3) is 0 Å². The molecular formula is C13H16F3NO2. The Bertz CT molecular complexity index is 450. The minimum Gasteiger partial charge on any atom is -0.484 e. The number of hydrogen-bond acceptors (Lipinski definition) is 2. The van der Waals surface area contributed by atoms with Crippen LogP contribution in [0, 0.1) is 0 Å². The fourth-order valence-electron chi connectivity index (χ4n) is 1.37. The predicted octanol–water partition coefficient (Wildman–Crippen LogP) is 3.00. The molecule has 1 amide bonds. The van der Waals surface area contributed by atoms with E-state index in [1.807, 2.05) is 0 Å². The average molecular weight is 275 g/mol. The first kappa shape index (κ1) is 15.3. The monoisotopic (exact) mass is 275 g/mol. The largest absolute Gasteiger partial charge is 0.484 e. The molecule has 3 nitrogen and oxygen atoms in total. The first-order chi connectivity index (χ1) is 8.58. The summed E-state index contributed by atoms with van der Waals surface area (Å²) in [4.78, 5) is 11.5. The highest BCUT2D eigenvalue weighted by Gasteiger charge is 2.30. The number of carbonyl (C=O) groups is 1. The number of carbonyl (C=O) groups excluding carboxylic acids is 1. The summed E-state index contributed by atoms with van der Waals surface area (Å²) in [5.41, 5.74) is -1.21. The van der Waals surface area contributed by atoms with Crippen molar-refractivity contribution in [2.24, 2.45) is 0 Å². The maximum absolute atomic E-state index is 12.5. The zero-order chi connectivity index (χ0) is 14.7. The lowest BCUT2D eigenvalue weighted by Gasteiger charge is -2.20. The van der Waals surface area contributed by atoms with E-state index in [1.54, 1.807) is 20.8 Å². The molecule has 1 aromatic rings. The SMILES string of the molecule is CC(C)(C)NC(=O)COc1cccc(C(F)(F)F)c1. The molecule has 0 aliphatic rings. The summed E-state index contributed by atoms with van der Waals surface area (Å²) in [6.45, 7) is 5.08. The molecule has 1 aromatic carbocycles. The second kappa shape index (κ2) is 5.50. The lowest BCUT2D eigenvalue weighted by molar-refractivity contribution is -0.137. The third kappa shape index (κ3) is 5.63. The standard InChI is InChI=1S/C13H16F3NO2/c1-12(2,3)17-11(18)8-19-10-6-4-5-9(7-10)13(14,15)16/h4-7H,8H2,1-3H3,(H,17,18). The van der Waals surface area contributed by atoms with Crippen LogP contribution in [0.3, 0.4) is 0 Å². The van der Waals surface area contributed by atoms with Gasteiger partial charge in [0.25, 0.3) is 5.91 Å². The van der Waals surface area contributed by atoms with Gasteiger partial charge in [-0.3, -0.25) is 4.79 Å². The van der Waals surface area contributed by atoms with Crippen molar-refractivity contribution >= 4 is 5.91 Å². The van der Waals surface area contributed by atoms with Crippen LogP contribution >= 0.6 is 0 Å². The molecule has 0 aliphatic heterocycles. The highest BCUT2D eigenvalue weighted by molar-refractivity contribution is 5.78. The van der Waals surface area contributed by atoms with Crippen LogP contribution in [-0.2, 0) is 11.0 Å². The Morgan fingerprint density at radius 3 is 2.42 bits per heavy atom. The zero-order valence-electron chi connectivity index (χ0n) is 11.0. The first-order valence-electron chi connectivity index (χ1n) is 5.69. The van der Waals surface area contributed by atoms with Crippen LogP contribution < -0.4 is 10.1 Å². The second-order valence-corrected chi connectivity index (χ2v) is 5.11. The summed E-state index contributed by atoms with van der Waals surface area (Å²) < 4.78 is 42.4. The molecule has 106 valence electrons. The van der Waals surface area contributed by atoms with Crippen LogP contribution in [0.1, 0.15) is 26.3 Å². The highest BCUT2D eigenvalue weighted by atomic mass is 19.4. The summed E-state index contributed by atoms with van der Waals surface area (Å²) >= 11 is 0. The Labute approximate surface area is 109 Å². The summed E-state index contributed by atoms with van der Waals surface area (Å²) in [5, 5.41) is 2.65. The van der Waals surface area contributed by atoms with E-state index in [-0.39, 0.29) is 18.3 Å². The van der Waals surface area contributed by atoms with Gasteiger partial charge in [0.05, 0.1) is 5.56 Å². The van der Waals surface area contributed by atoms with E-state index in [0.29, 0.717) is 0 Å². The number of amides is 1. The summed E-state index contributed by atoms with van der Waals surface area (Å²) in [6, 6.07) is 4.42. The fourth-order valence-corrected chi connectivity index (χ4v) is 1.37. The lowest BCUT2D eigenvalue weighted by Crippen LogP contribution is -2.43. The Morgan fingerprint density at radius 1 is 1.26 bits per heavy atom. The number of ether oxygens (including phenoxy) is 1. The third-order valence-corrected chi connectivity index (χ3v) is 2.05. The number of alkyl halides is 3. The minimum absolute atomic E-state index is 0.0129. The highest BCUT2D eigenvalue weighted by Crippen LogP contribution is 2.31. The summed E-state index contributed by atoms with van der Waals surface area (Å²) in [5.74, 6) is -0.371. The van der Waals surface area contributed by atoms with Crippen molar-refractivity contribution < 1.29 is 22.7 Å². The quantitative estimate of drug-likeness (QED) is 0.921. The molecule has 0 spiro atoms. The Kier molecular flexibility index (Phi) is 4.44. The molecule has 19 heavy (non-hydrogen) atoms. The van der Waals surface area contributed by atoms with Crippen LogP contribution in [0.2, 0.25) is 0 Å². The Hall–Kier alpha value is -1.72. The molecule has 0 aliphatic carbocycles. The number of benzene rings is 1. The lowest BCUT2D eigenvalue weighted by atomic mass is 10.1. The molecule has 0 bridgehead atoms. The number of rotatable bonds is 3. The van der Waals surface area contributed by atoms with Crippen molar-refractivity contribution in [3.8, 4) is 5.75 Å². The minimum atomic E-state index is -4.42. The molecule has 0 saturated carbocycles. The molecule has 0 atom stereocenters. The molecule has 0 fully saturated rings. The second-order valence-electron chi connectivity index (χ2n) is 5.11. The molecule has 6 heteroatoms. The van der Waals surface area contributed by atoms with E-state index < -0.39 is 17.3 Å². The number of halogens is 3. The maximum Gasteiger partial charge on any atom is 0.416 e. The molecule has 0 unspecified atom stereocenters.